The number of aromatic nitrogens is 3. The van der Waals surface area contributed by atoms with Gasteiger partial charge in [0.05, 0.1) is 17.7 Å². The first kappa shape index (κ1) is 24.8. The Morgan fingerprint density at radius 1 is 0.730 bits per heavy atom. The Labute approximate surface area is 223 Å². The maximum absolute atomic E-state index is 5.91. The Balaban J connectivity index is 1.40. The number of ether oxygens (including phenoxy) is 1. The molecule has 0 saturated heterocycles. The van der Waals surface area contributed by atoms with Gasteiger partial charge in [-0.05, 0) is 59.4 Å². The first-order valence-electron chi connectivity index (χ1n) is 12.6. The second-order valence-corrected chi connectivity index (χ2v) is 10.8. The molecule has 0 aliphatic rings. The zero-order chi connectivity index (χ0) is 25.8. The molecule has 37 heavy (non-hydrogen) atoms. The molecule has 0 saturated carbocycles. The molecule has 0 atom stereocenters. The van der Waals surface area contributed by atoms with Crippen molar-refractivity contribution in [2.75, 3.05) is 0 Å². The molecule has 0 bridgehead atoms. The summed E-state index contributed by atoms with van der Waals surface area (Å²) >= 11 is 1.70. The van der Waals surface area contributed by atoms with E-state index in [-0.39, 0.29) is 0 Å². The van der Waals surface area contributed by atoms with Crippen LogP contribution in [0.25, 0.3) is 16.9 Å². The third-order valence-electron chi connectivity index (χ3n) is 6.21. The van der Waals surface area contributed by atoms with Gasteiger partial charge in [0.15, 0.2) is 0 Å². The van der Waals surface area contributed by atoms with Gasteiger partial charge in [-0.2, -0.15) is 0 Å². The molecule has 0 amide bonds. The fourth-order valence-corrected chi connectivity index (χ4v) is 5.31. The number of nitrogens with zero attached hydrogens (tertiary/aromatic N) is 3. The summed E-state index contributed by atoms with van der Waals surface area (Å²) in [6.07, 6.45) is 5.82. The molecule has 4 nitrogen and oxygen atoms in total. The number of para-hydroxylation sites is 1. The number of imidazole rings is 1. The van der Waals surface area contributed by atoms with Crippen LogP contribution in [0.15, 0.2) is 113 Å². The van der Waals surface area contributed by atoms with E-state index in [1.54, 1.807) is 18.0 Å². The molecule has 0 radical (unpaired) electrons. The van der Waals surface area contributed by atoms with Crippen molar-refractivity contribution >= 4 is 11.8 Å². The van der Waals surface area contributed by atoms with E-state index in [1.165, 1.54) is 16.8 Å². The zero-order valence-corrected chi connectivity index (χ0v) is 22.4. The molecular weight excluding hydrogens is 474 g/mol. The van der Waals surface area contributed by atoms with Crippen molar-refractivity contribution in [1.82, 2.24) is 14.5 Å². The lowest BCUT2D eigenvalue weighted by molar-refractivity contribution is 0.462. The van der Waals surface area contributed by atoms with Crippen molar-refractivity contribution in [2.24, 2.45) is 0 Å². The highest BCUT2D eigenvalue weighted by atomic mass is 32.2. The Morgan fingerprint density at radius 2 is 1.43 bits per heavy atom. The van der Waals surface area contributed by atoms with E-state index in [2.05, 4.69) is 92.0 Å². The van der Waals surface area contributed by atoms with Crippen molar-refractivity contribution in [2.45, 2.75) is 49.3 Å². The fraction of sp³-hybridized carbons (Fsp3) is 0.188. The van der Waals surface area contributed by atoms with E-state index >= 15 is 0 Å². The molecule has 5 heteroatoms. The lowest BCUT2D eigenvalue weighted by atomic mass is 9.92. The van der Waals surface area contributed by atoms with Crippen LogP contribution in [0.1, 0.15) is 50.7 Å². The van der Waals surface area contributed by atoms with E-state index in [1.807, 2.05) is 42.7 Å². The minimum Gasteiger partial charge on any atom is -0.439 e. The van der Waals surface area contributed by atoms with Crippen LogP contribution < -0.4 is 4.74 Å². The van der Waals surface area contributed by atoms with Gasteiger partial charge in [-0.25, -0.2) is 9.97 Å². The summed E-state index contributed by atoms with van der Waals surface area (Å²) in [6, 6.07) is 28.9. The van der Waals surface area contributed by atoms with Crippen LogP contribution in [-0.4, -0.2) is 14.5 Å². The van der Waals surface area contributed by atoms with Gasteiger partial charge >= 0.3 is 0 Å². The van der Waals surface area contributed by atoms with Crippen LogP contribution in [0, 0.1) is 0 Å². The Kier molecular flexibility index (Phi) is 7.42. The molecule has 2 aromatic heterocycles. The monoisotopic (exact) mass is 505 g/mol. The molecule has 0 aliphatic carbocycles. The van der Waals surface area contributed by atoms with Crippen molar-refractivity contribution < 1.29 is 4.74 Å². The summed E-state index contributed by atoms with van der Waals surface area (Å²) in [5.41, 5.74) is 5.99. The summed E-state index contributed by atoms with van der Waals surface area (Å²) in [4.78, 5) is 11.3. The minimum atomic E-state index is 0.427. The van der Waals surface area contributed by atoms with Crippen LogP contribution in [-0.2, 0) is 0 Å². The highest BCUT2D eigenvalue weighted by Crippen LogP contribution is 2.35. The first-order chi connectivity index (χ1) is 18.0. The van der Waals surface area contributed by atoms with E-state index in [0.717, 1.165) is 26.8 Å². The molecule has 3 aromatic carbocycles. The Hall–Kier alpha value is -3.83. The predicted octanol–water partition coefficient (Wildman–Crippen LogP) is 9.12. The summed E-state index contributed by atoms with van der Waals surface area (Å²) < 4.78 is 8.10. The second kappa shape index (κ2) is 11.1. The SMILES string of the molecule is CC(C)c1cccc(C(C)C)c1-n1cnc(-c2cccc(Sc3cccc(Oc4ccccn4)c3)c2)c1. The second-order valence-electron chi connectivity index (χ2n) is 9.64. The van der Waals surface area contributed by atoms with Gasteiger partial charge in [-0.1, -0.05) is 81.9 Å². The van der Waals surface area contributed by atoms with Gasteiger partial charge in [-0.3, -0.25) is 0 Å². The Morgan fingerprint density at radius 3 is 2.14 bits per heavy atom. The molecule has 0 aliphatic heterocycles. The van der Waals surface area contributed by atoms with Crippen LogP contribution >= 0.6 is 11.8 Å². The van der Waals surface area contributed by atoms with Gasteiger partial charge in [-0.15, -0.1) is 0 Å². The average molecular weight is 506 g/mol. The molecule has 0 fully saturated rings. The summed E-state index contributed by atoms with van der Waals surface area (Å²) in [5.74, 6) is 2.21. The lowest BCUT2D eigenvalue weighted by Crippen LogP contribution is -2.05. The molecule has 2 heterocycles. The normalized spacial score (nSPS) is 11.3. The van der Waals surface area contributed by atoms with Gasteiger partial charge in [0.1, 0.15) is 5.75 Å². The standard InChI is InChI=1S/C32H31N3OS/c1-22(2)28-14-9-15-29(23(3)4)32(28)35-20-30(34-21-35)24-10-7-12-26(18-24)37-27-13-8-11-25(19-27)36-31-16-5-6-17-33-31/h5-23H,1-4H3. The van der Waals surface area contributed by atoms with Crippen molar-refractivity contribution in [3.63, 3.8) is 0 Å². The summed E-state index contributed by atoms with van der Waals surface area (Å²) in [6.45, 7) is 8.99. The number of pyridine rings is 1. The number of hydrogen-bond acceptors (Lipinski definition) is 4. The van der Waals surface area contributed by atoms with E-state index in [0.29, 0.717) is 17.7 Å². The quantitative estimate of drug-likeness (QED) is 0.211. The van der Waals surface area contributed by atoms with Gasteiger partial charge in [0, 0.05) is 33.8 Å². The third kappa shape index (κ3) is 5.78. The third-order valence-corrected chi connectivity index (χ3v) is 7.19. The van der Waals surface area contributed by atoms with Crippen LogP contribution in [0.4, 0.5) is 0 Å². The topological polar surface area (TPSA) is 39.9 Å². The van der Waals surface area contributed by atoms with E-state index < -0.39 is 0 Å². The highest BCUT2D eigenvalue weighted by molar-refractivity contribution is 7.99. The van der Waals surface area contributed by atoms with E-state index in [9.17, 15) is 0 Å². The number of hydrogen-bond donors (Lipinski definition) is 0. The zero-order valence-electron chi connectivity index (χ0n) is 21.6. The van der Waals surface area contributed by atoms with Gasteiger partial charge < -0.3 is 9.30 Å². The molecule has 0 N–H and O–H groups in total. The van der Waals surface area contributed by atoms with Crippen molar-refractivity contribution in [1.29, 1.82) is 0 Å². The fourth-order valence-electron chi connectivity index (χ4n) is 4.39. The highest BCUT2D eigenvalue weighted by Gasteiger charge is 2.16. The molecule has 186 valence electrons. The maximum atomic E-state index is 5.91. The van der Waals surface area contributed by atoms with Crippen molar-refractivity contribution in [3.05, 3.63) is 115 Å². The average Bonchev–Trinajstić information content (AvgIpc) is 3.39. The summed E-state index contributed by atoms with van der Waals surface area (Å²) in [5, 5.41) is 0. The number of benzene rings is 3. The number of rotatable bonds is 8. The first-order valence-corrected chi connectivity index (χ1v) is 13.4. The molecular formula is C32H31N3OS. The summed E-state index contributed by atoms with van der Waals surface area (Å²) in [7, 11) is 0. The van der Waals surface area contributed by atoms with Crippen molar-refractivity contribution in [3.8, 4) is 28.6 Å². The van der Waals surface area contributed by atoms with E-state index in [4.69, 9.17) is 9.72 Å². The lowest BCUT2D eigenvalue weighted by Gasteiger charge is -2.20. The largest absolute Gasteiger partial charge is 0.439 e. The molecule has 0 unspecified atom stereocenters. The molecule has 5 aromatic rings. The predicted molar refractivity (Wildman–Crippen MR) is 152 cm³/mol. The smallest absolute Gasteiger partial charge is 0.219 e. The Bertz CT molecular complexity index is 1460. The van der Waals surface area contributed by atoms with Crippen LogP contribution in [0.3, 0.4) is 0 Å². The molecule has 0 spiro atoms. The van der Waals surface area contributed by atoms with Gasteiger partial charge in [0.2, 0.25) is 5.88 Å². The molecule has 5 rings (SSSR count). The van der Waals surface area contributed by atoms with Gasteiger partial charge in [0.25, 0.3) is 0 Å². The minimum absolute atomic E-state index is 0.427. The van der Waals surface area contributed by atoms with Crippen LogP contribution in [0.5, 0.6) is 11.6 Å². The van der Waals surface area contributed by atoms with Crippen LogP contribution in [0.2, 0.25) is 0 Å². The maximum Gasteiger partial charge on any atom is 0.219 e.